The van der Waals surface area contributed by atoms with Gasteiger partial charge in [0.1, 0.15) is 5.75 Å². The van der Waals surface area contributed by atoms with E-state index in [2.05, 4.69) is 17.0 Å². The van der Waals surface area contributed by atoms with Gasteiger partial charge in [0, 0.05) is 39.7 Å². The number of alkyl halides is 1. The summed E-state index contributed by atoms with van der Waals surface area (Å²) in [5, 5.41) is 22.5. The van der Waals surface area contributed by atoms with E-state index < -0.39 is 6.10 Å². The summed E-state index contributed by atoms with van der Waals surface area (Å²) in [6, 6.07) is 19.3. The average molecular weight is 559 g/mol. The Labute approximate surface area is 231 Å². The molecule has 2 atom stereocenters. The lowest BCUT2D eigenvalue weighted by Gasteiger charge is -2.21. The van der Waals surface area contributed by atoms with Crippen LogP contribution >= 0.6 is 35.0 Å². The maximum atomic E-state index is 12.6. The van der Waals surface area contributed by atoms with Crippen LogP contribution < -0.4 is 0 Å². The summed E-state index contributed by atoms with van der Waals surface area (Å²) in [5.41, 5.74) is 6.12. The summed E-state index contributed by atoms with van der Waals surface area (Å²) in [7, 11) is 0. The van der Waals surface area contributed by atoms with Crippen LogP contribution in [0.25, 0.3) is 11.1 Å². The molecule has 5 rings (SSSR count). The number of likely N-dealkylation sites (tertiary alicyclic amines) is 1. The minimum atomic E-state index is -0.558. The van der Waals surface area contributed by atoms with Crippen LogP contribution in [0.3, 0.4) is 0 Å². The number of benzene rings is 3. The van der Waals surface area contributed by atoms with Crippen molar-refractivity contribution in [3.05, 3.63) is 93.0 Å². The number of allylic oxidation sites excluding steroid dienone is 1. The van der Waals surface area contributed by atoms with Gasteiger partial charge < -0.3 is 15.1 Å². The molecule has 37 heavy (non-hydrogen) atoms. The zero-order valence-electron chi connectivity index (χ0n) is 20.5. The monoisotopic (exact) mass is 557 g/mol. The maximum Gasteiger partial charge on any atom is 0.116 e. The number of hydrogen-bond donors (Lipinski definition) is 2. The Morgan fingerprint density at radius 1 is 1.03 bits per heavy atom. The van der Waals surface area contributed by atoms with E-state index in [0.29, 0.717) is 16.5 Å². The minimum absolute atomic E-state index is 0.145. The molecule has 7 heteroatoms. The van der Waals surface area contributed by atoms with Crippen molar-refractivity contribution < 1.29 is 14.6 Å². The van der Waals surface area contributed by atoms with Gasteiger partial charge in [0.2, 0.25) is 0 Å². The minimum Gasteiger partial charge on any atom is -0.508 e. The molecule has 1 saturated heterocycles. The molecule has 0 amide bonds. The normalized spacial score (nSPS) is 19.1. The maximum absolute atomic E-state index is 12.6. The Bertz CT molecular complexity index is 1300. The van der Waals surface area contributed by atoms with Crippen molar-refractivity contribution in [2.45, 2.75) is 30.3 Å². The highest BCUT2D eigenvalue weighted by atomic mass is 35.5. The largest absolute Gasteiger partial charge is 0.508 e. The summed E-state index contributed by atoms with van der Waals surface area (Å²) in [6.07, 6.45) is 1.70. The van der Waals surface area contributed by atoms with Gasteiger partial charge in [-0.1, -0.05) is 53.5 Å². The van der Waals surface area contributed by atoms with Crippen LogP contribution in [0.15, 0.2) is 65.6 Å². The molecule has 0 aliphatic carbocycles. The molecule has 3 nitrogen and oxygen atoms in total. The number of nitrogens with zero attached hydrogens (tertiary/aromatic N) is 1. The van der Waals surface area contributed by atoms with Gasteiger partial charge in [0.05, 0.1) is 12.8 Å². The summed E-state index contributed by atoms with van der Waals surface area (Å²) < 4.78 is 12.6. The molecule has 194 valence electrons. The van der Waals surface area contributed by atoms with E-state index in [0.717, 1.165) is 76.5 Å². The van der Waals surface area contributed by atoms with E-state index in [1.165, 1.54) is 0 Å². The summed E-state index contributed by atoms with van der Waals surface area (Å²) in [4.78, 5) is 3.27. The van der Waals surface area contributed by atoms with Gasteiger partial charge in [-0.25, -0.2) is 0 Å². The molecule has 2 N–H and O–H groups in total. The van der Waals surface area contributed by atoms with Gasteiger partial charge in [0.15, 0.2) is 0 Å². The zero-order chi connectivity index (χ0) is 25.9. The SMILES string of the molecule is Oc1ccc2c(c1)SCCC(c1ccc(Cl)cc1Cl)=C2c1ccc(C(O)C2CCN(CCCF)C2)cc1. The predicted molar refractivity (Wildman–Crippen MR) is 152 cm³/mol. The Kier molecular flexibility index (Phi) is 8.47. The third kappa shape index (κ3) is 5.86. The first-order chi connectivity index (χ1) is 17.9. The molecule has 2 unspecified atom stereocenters. The highest BCUT2D eigenvalue weighted by Crippen LogP contribution is 2.45. The average Bonchev–Trinajstić information content (AvgIpc) is 3.29. The second-order valence-electron chi connectivity index (χ2n) is 9.72. The lowest BCUT2D eigenvalue weighted by Crippen LogP contribution is -2.24. The molecule has 1 fully saturated rings. The first-order valence-corrected chi connectivity index (χ1v) is 14.4. The van der Waals surface area contributed by atoms with Crippen LogP contribution in [0, 0.1) is 5.92 Å². The molecule has 2 heterocycles. The first-order valence-electron chi connectivity index (χ1n) is 12.7. The van der Waals surface area contributed by atoms with Crippen molar-refractivity contribution in [2.75, 3.05) is 32.1 Å². The topological polar surface area (TPSA) is 43.7 Å². The molecule has 0 aromatic heterocycles. The number of aromatic hydroxyl groups is 1. The first kappa shape index (κ1) is 26.6. The second-order valence-corrected chi connectivity index (χ2v) is 11.7. The third-order valence-corrected chi connectivity index (χ3v) is 8.91. The van der Waals surface area contributed by atoms with Crippen LogP contribution in [-0.4, -0.2) is 47.2 Å². The molecule has 0 spiro atoms. The van der Waals surface area contributed by atoms with Gasteiger partial charge >= 0.3 is 0 Å². The van der Waals surface area contributed by atoms with E-state index in [-0.39, 0.29) is 18.3 Å². The molecule has 0 bridgehead atoms. The molecule has 2 aliphatic heterocycles. The van der Waals surface area contributed by atoms with Crippen molar-refractivity contribution in [2.24, 2.45) is 5.92 Å². The van der Waals surface area contributed by atoms with E-state index in [1.807, 2.05) is 36.4 Å². The van der Waals surface area contributed by atoms with Crippen molar-refractivity contribution in [1.82, 2.24) is 4.90 Å². The van der Waals surface area contributed by atoms with Crippen LogP contribution in [0.5, 0.6) is 5.75 Å². The number of aliphatic hydroxyl groups excluding tert-OH is 1. The summed E-state index contributed by atoms with van der Waals surface area (Å²) in [5.74, 6) is 1.24. The zero-order valence-corrected chi connectivity index (χ0v) is 22.8. The van der Waals surface area contributed by atoms with Crippen LogP contribution in [0.1, 0.15) is 47.6 Å². The van der Waals surface area contributed by atoms with Crippen molar-refractivity contribution >= 4 is 46.1 Å². The molecule has 3 aromatic rings. The number of halogens is 3. The van der Waals surface area contributed by atoms with Gasteiger partial charge in [-0.05, 0) is 89.5 Å². The van der Waals surface area contributed by atoms with Gasteiger partial charge in [-0.15, -0.1) is 11.8 Å². The van der Waals surface area contributed by atoms with Gasteiger partial charge in [0.25, 0.3) is 0 Å². The second kappa shape index (κ2) is 11.8. The Morgan fingerprint density at radius 3 is 2.57 bits per heavy atom. The van der Waals surface area contributed by atoms with Crippen LogP contribution in [0.2, 0.25) is 10.0 Å². The highest BCUT2D eigenvalue weighted by Gasteiger charge is 2.29. The van der Waals surface area contributed by atoms with Crippen molar-refractivity contribution in [1.29, 1.82) is 0 Å². The molecular weight excluding hydrogens is 528 g/mol. The Hall–Kier alpha value is -2.02. The van der Waals surface area contributed by atoms with Crippen LogP contribution in [-0.2, 0) is 0 Å². The molecule has 0 saturated carbocycles. The van der Waals surface area contributed by atoms with E-state index >= 15 is 0 Å². The summed E-state index contributed by atoms with van der Waals surface area (Å²) >= 11 is 14.6. The summed E-state index contributed by atoms with van der Waals surface area (Å²) in [6.45, 7) is 2.14. The standard InChI is InChI=1S/C30H30Cl2FNO2S/c31-22-6-8-24(27(32)16-22)25-11-15-37-28-17-23(35)7-9-26(28)29(25)19-2-4-20(5-3-19)30(36)21-10-14-34(18-21)13-1-12-33/h2-9,16-17,21,30,35-36H,1,10-15,18H2. The van der Waals surface area contributed by atoms with Gasteiger partial charge in [-0.2, -0.15) is 0 Å². The predicted octanol–water partition coefficient (Wildman–Crippen LogP) is 7.87. The number of thioether (sulfide) groups is 1. The number of phenols is 1. The lowest BCUT2D eigenvalue weighted by atomic mass is 9.87. The van der Waals surface area contributed by atoms with Gasteiger partial charge in [-0.3, -0.25) is 4.39 Å². The molecule has 3 aromatic carbocycles. The number of hydrogen-bond acceptors (Lipinski definition) is 4. The Balaban J connectivity index is 1.52. The number of phenolic OH excluding ortho intramolecular Hbond substituents is 1. The van der Waals surface area contributed by atoms with Crippen molar-refractivity contribution in [3.63, 3.8) is 0 Å². The number of aliphatic hydroxyl groups is 1. The van der Waals surface area contributed by atoms with E-state index in [1.54, 1.807) is 23.9 Å². The number of rotatable bonds is 7. The smallest absolute Gasteiger partial charge is 0.116 e. The highest BCUT2D eigenvalue weighted by molar-refractivity contribution is 7.99. The number of fused-ring (bicyclic) bond motifs is 1. The fourth-order valence-electron chi connectivity index (χ4n) is 5.45. The molecular formula is C30H30Cl2FNO2S. The lowest BCUT2D eigenvalue weighted by molar-refractivity contribution is 0.110. The Morgan fingerprint density at radius 2 is 1.81 bits per heavy atom. The van der Waals surface area contributed by atoms with Crippen molar-refractivity contribution in [3.8, 4) is 5.75 Å². The van der Waals surface area contributed by atoms with E-state index in [9.17, 15) is 14.6 Å². The molecule has 2 aliphatic rings. The van der Waals surface area contributed by atoms with E-state index in [4.69, 9.17) is 23.2 Å². The third-order valence-electron chi connectivity index (χ3n) is 7.31. The van der Waals surface area contributed by atoms with Crippen LogP contribution in [0.4, 0.5) is 4.39 Å². The quantitative estimate of drug-likeness (QED) is 0.310. The fourth-order valence-corrected chi connectivity index (χ4v) is 7.03. The fraction of sp³-hybridized carbons (Fsp3) is 0.333. The molecule has 0 radical (unpaired) electrons.